The van der Waals surface area contributed by atoms with Gasteiger partial charge in [-0.05, 0) is 48.2 Å². The van der Waals surface area contributed by atoms with E-state index in [1.165, 1.54) is 0 Å². The standard InChI is InChI=1S/C22H28N2O3/c1-24(15-22(16-25)11-3-4-12-22)21(26)23-19-9-5-7-17(13-19)18-8-6-10-20(14-18)27-2/h5-10,13-14,25H,3-4,11-12,15-16H2,1-2H3,(H,23,26). The first-order valence-corrected chi connectivity index (χ1v) is 9.43. The minimum atomic E-state index is -0.155. The largest absolute Gasteiger partial charge is 0.497 e. The molecular formula is C22H28N2O3. The fourth-order valence-corrected chi connectivity index (χ4v) is 3.86. The third-order valence-corrected chi connectivity index (χ3v) is 5.44. The van der Waals surface area contributed by atoms with Crippen LogP contribution < -0.4 is 10.1 Å². The van der Waals surface area contributed by atoms with Gasteiger partial charge in [0.1, 0.15) is 5.75 Å². The third-order valence-electron chi connectivity index (χ3n) is 5.44. The first kappa shape index (κ1) is 19.2. The van der Waals surface area contributed by atoms with Crippen molar-refractivity contribution >= 4 is 11.7 Å². The average molecular weight is 368 g/mol. The number of urea groups is 1. The number of ether oxygens (including phenoxy) is 1. The van der Waals surface area contributed by atoms with Gasteiger partial charge in [0.05, 0.1) is 13.7 Å². The topological polar surface area (TPSA) is 61.8 Å². The number of aliphatic hydroxyl groups is 1. The van der Waals surface area contributed by atoms with Gasteiger partial charge in [-0.25, -0.2) is 4.79 Å². The van der Waals surface area contributed by atoms with Crippen LogP contribution in [-0.4, -0.2) is 43.3 Å². The van der Waals surface area contributed by atoms with E-state index in [2.05, 4.69) is 5.32 Å². The Morgan fingerprint density at radius 1 is 1.15 bits per heavy atom. The van der Waals surface area contributed by atoms with Crippen LogP contribution in [-0.2, 0) is 0 Å². The zero-order chi connectivity index (χ0) is 19.3. The first-order valence-electron chi connectivity index (χ1n) is 9.43. The number of carbonyl (C=O) groups is 1. The summed E-state index contributed by atoms with van der Waals surface area (Å²) >= 11 is 0. The van der Waals surface area contributed by atoms with Gasteiger partial charge in [0, 0.05) is 24.7 Å². The lowest BCUT2D eigenvalue weighted by molar-refractivity contribution is 0.0998. The molecule has 0 bridgehead atoms. The Labute approximate surface area is 161 Å². The number of benzene rings is 2. The van der Waals surface area contributed by atoms with Crippen molar-refractivity contribution in [1.29, 1.82) is 0 Å². The van der Waals surface area contributed by atoms with Gasteiger partial charge in [0.15, 0.2) is 0 Å². The Balaban J connectivity index is 1.69. The lowest BCUT2D eigenvalue weighted by Gasteiger charge is -2.31. The summed E-state index contributed by atoms with van der Waals surface area (Å²) in [7, 11) is 3.44. The number of nitrogens with zero attached hydrogens (tertiary/aromatic N) is 1. The molecule has 2 aromatic carbocycles. The summed E-state index contributed by atoms with van der Waals surface area (Å²) in [6.45, 7) is 0.709. The summed E-state index contributed by atoms with van der Waals surface area (Å²) in [5.41, 5.74) is 2.65. The van der Waals surface area contributed by atoms with Crippen molar-refractivity contribution in [3.05, 3.63) is 48.5 Å². The van der Waals surface area contributed by atoms with E-state index in [1.54, 1.807) is 19.1 Å². The minimum Gasteiger partial charge on any atom is -0.497 e. The Hall–Kier alpha value is -2.53. The average Bonchev–Trinajstić information content (AvgIpc) is 3.17. The van der Waals surface area contributed by atoms with Crippen LogP contribution in [0.1, 0.15) is 25.7 Å². The van der Waals surface area contributed by atoms with Crippen molar-refractivity contribution in [1.82, 2.24) is 4.90 Å². The second-order valence-corrected chi connectivity index (χ2v) is 7.46. The molecule has 0 saturated heterocycles. The highest BCUT2D eigenvalue weighted by molar-refractivity contribution is 5.90. The maximum Gasteiger partial charge on any atom is 0.321 e. The fraction of sp³-hybridized carbons (Fsp3) is 0.409. The second-order valence-electron chi connectivity index (χ2n) is 7.46. The van der Waals surface area contributed by atoms with E-state index >= 15 is 0 Å². The number of nitrogens with one attached hydrogen (secondary N) is 1. The van der Waals surface area contributed by atoms with Crippen LogP contribution in [0.25, 0.3) is 11.1 Å². The van der Waals surface area contributed by atoms with Crippen molar-refractivity contribution in [3.63, 3.8) is 0 Å². The molecular weight excluding hydrogens is 340 g/mol. The molecule has 3 rings (SSSR count). The van der Waals surface area contributed by atoms with Crippen LogP contribution in [0.15, 0.2) is 48.5 Å². The van der Waals surface area contributed by atoms with E-state index < -0.39 is 0 Å². The third kappa shape index (κ3) is 4.61. The lowest BCUT2D eigenvalue weighted by Crippen LogP contribution is -2.41. The van der Waals surface area contributed by atoms with Crippen molar-refractivity contribution in [3.8, 4) is 16.9 Å². The molecule has 5 nitrogen and oxygen atoms in total. The van der Waals surface area contributed by atoms with Crippen LogP contribution in [0.5, 0.6) is 5.75 Å². The monoisotopic (exact) mass is 368 g/mol. The molecule has 1 aliphatic carbocycles. The van der Waals surface area contributed by atoms with E-state index in [-0.39, 0.29) is 18.1 Å². The molecule has 1 fully saturated rings. The number of amides is 2. The Bertz CT molecular complexity index is 785. The quantitative estimate of drug-likeness (QED) is 0.795. The van der Waals surface area contributed by atoms with Gasteiger partial charge in [-0.15, -0.1) is 0 Å². The van der Waals surface area contributed by atoms with Crippen LogP contribution >= 0.6 is 0 Å². The molecule has 2 aromatic rings. The van der Waals surface area contributed by atoms with E-state index in [1.807, 2.05) is 48.5 Å². The van der Waals surface area contributed by atoms with Gasteiger partial charge in [-0.3, -0.25) is 0 Å². The Morgan fingerprint density at radius 3 is 2.48 bits per heavy atom. The van der Waals surface area contributed by atoms with Crippen LogP contribution in [0.2, 0.25) is 0 Å². The summed E-state index contributed by atoms with van der Waals surface area (Å²) < 4.78 is 5.29. The molecule has 1 saturated carbocycles. The van der Waals surface area contributed by atoms with Crippen LogP contribution in [0, 0.1) is 5.41 Å². The lowest BCUT2D eigenvalue weighted by atomic mass is 9.87. The number of hydrogen-bond acceptors (Lipinski definition) is 3. The van der Waals surface area contributed by atoms with E-state index in [0.29, 0.717) is 6.54 Å². The van der Waals surface area contributed by atoms with Crippen LogP contribution in [0.4, 0.5) is 10.5 Å². The van der Waals surface area contributed by atoms with Gasteiger partial charge in [-0.1, -0.05) is 37.1 Å². The number of carbonyl (C=O) groups excluding carboxylic acids is 1. The molecule has 0 spiro atoms. The molecule has 0 aromatic heterocycles. The molecule has 1 aliphatic rings. The molecule has 144 valence electrons. The number of hydrogen-bond donors (Lipinski definition) is 2. The molecule has 5 heteroatoms. The van der Waals surface area contributed by atoms with Crippen molar-refractivity contribution in [2.45, 2.75) is 25.7 Å². The van der Waals surface area contributed by atoms with E-state index in [4.69, 9.17) is 4.74 Å². The molecule has 2 amide bonds. The maximum absolute atomic E-state index is 12.6. The van der Waals surface area contributed by atoms with Gasteiger partial charge in [0.25, 0.3) is 0 Å². The summed E-state index contributed by atoms with van der Waals surface area (Å²) in [5.74, 6) is 0.799. The Kier molecular flexibility index (Phi) is 6.01. The van der Waals surface area contributed by atoms with E-state index in [9.17, 15) is 9.90 Å². The predicted molar refractivity (Wildman–Crippen MR) is 108 cm³/mol. The molecule has 2 N–H and O–H groups in total. The number of methoxy groups -OCH3 is 1. The summed E-state index contributed by atoms with van der Waals surface area (Å²) in [6.07, 6.45) is 4.20. The van der Waals surface area contributed by atoms with Crippen molar-refractivity contribution in [2.75, 3.05) is 32.6 Å². The minimum absolute atomic E-state index is 0.135. The highest BCUT2D eigenvalue weighted by Crippen LogP contribution is 2.38. The smallest absolute Gasteiger partial charge is 0.321 e. The van der Waals surface area contributed by atoms with Crippen molar-refractivity contribution in [2.24, 2.45) is 5.41 Å². The van der Waals surface area contributed by atoms with Gasteiger partial charge >= 0.3 is 6.03 Å². The van der Waals surface area contributed by atoms with Gasteiger partial charge in [0.2, 0.25) is 0 Å². The molecule has 0 atom stereocenters. The molecule has 0 unspecified atom stereocenters. The Morgan fingerprint density at radius 2 is 1.81 bits per heavy atom. The highest BCUT2D eigenvalue weighted by Gasteiger charge is 2.35. The zero-order valence-electron chi connectivity index (χ0n) is 16.1. The number of aliphatic hydroxyl groups excluding tert-OH is 1. The van der Waals surface area contributed by atoms with Gasteiger partial charge < -0.3 is 20.1 Å². The van der Waals surface area contributed by atoms with Crippen LogP contribution in [0.3, 0.4) is 0 Å². The molecule has 0 aliphatic heterocycles. The van der Waals surface area contributed by atoms with E-state index in [0.717, 1.165) is 48.2 Å². The van der Waals surface area contributed by atoms with Gasteiger partial charge in [-0.2, -0.15) is 0 Å². The number of anilines is 1. The van der Waals surface area contributed by atoms with Crippen molar-refractivity contribution < 1.29 is 14.6 Å². The fourth-order valence-electron chi connectivity index (χ4n) is 3.86. The second kappa shape index (κ2) is 8.44. The summed E-state index contributed by atoms with van der Waals surface area (Å²) in [6, 6.07) is 15.5. The predicted octanol–water partition coefficient (Wildman–Crippen LogP) is 4.38. The SMILES string of the molecule is COc1cccc(-c2cccc(NC(=O)N(C)CC3(CO)CCCC3)c2)c1. The molecule has 0 heterocycles. The molecule has 0 radical (unpaired) electrons. The molecule has 27 heavy (non-hydrogen) atoms. The first-order chi connectivity index (χ1) is 13.0. The number of rotatable bonds is 6. The zero-order valence-corrected chi connectivity index (χ0v) is 16.1. The normalized spacial score (nSPS) is 15.4. The maximum atomic E-state index is 12.6. The summed E-state index contributed by atoms with van der Waals surface area (Å²) in [5, 5.41) is 12.7. The summed E-state index contributed by atoms with van der Waals surface area (Å²) in [4.78, 5) is 14.3. The highest BCUT2D eigenvalue weighted by atomic mass is 16.5.